The third-order valence-electron chi connectivity index (χ3n) is 12.4. The van der Waals surface area contributed by atoms with Crippen molar-refractivity contribution in [2.24, 2.45) is 5.92 Å². The van der Waals surface area contributed by atoms with Crippen LogP contribution in [0, 0.1) is 47.5 Å². The van der Waals surface area contributed by atoms with Crippen molar-refractivity contribution in [2.45, 2.75) is 69.2 Å². The van der Waals surface area contributed by atoms with Crippen molar-refractivity contribution in [1.82, 2.24) is 0 Å². The van der Waals surface area contributed by atoms with Gasteiger partial charge in [0.25, 0.3) is 0 Å². The molecule has 0 amide bonds. The second-order valence-corrected chi connectivity index (χ2v) is 19.0. The molecule has 1 aliphatic rings. The molecule has 0 N–H and O–H groups in total. The molecule has 0 aromatic heterocycles. The highest BCUT2D eigenvalue weighted by atomic mass is 28.3. The van der Waals surface area contributed by atoms with E-state index in [-0.39, 0.29) is 5.92 Å². The topological polar surface area (TPSA) is 0 Å². The second-order valence-electron chi connectivity index (χ2n) is 15.4. The average Bonchev–Trinajstić information content (AvgIpc) is 3.35. The lowest BCUT2D eigenvalue weighted by Gasteiger charge is -2.43. The van der Waals surface area contributed by atoms with Gasteiger partial charge in [0.15, 0.2) is 8.07 Å². The number of rotatable bonds is 7. The molecule has 7 rings (SSSR count). The van der Waals surface area contributed by atoms with Gasteiger partial charge in [-0.1, -0.05) is 151 Å². The Kier molecular flexibility index (Phi) is 9.44. The van der Waals surface area contributed by atoms with Gasteiger partial charge in [0, 0.05) is 0 Å². The Balaban J connectivity index is 1.83. The van der Waals surface area contributed by atoms with Crippen molar-refractivity contribution < 1.29 is 0 Å². The van der Waals surface area contributed by atoms with E-state index in [1.165, 1.54) is 99.0 Å². The minimum Gasteiger partial charge on any atom is -0.0636 e. The Morgan fingerprint density at radius 2 is 0.654 bits per heavy atom. The molecule has 6 aromatic carbocycles. The highest BCUT2D eigenvalue weighted by Gasteiger charge is 2.51. The average molecular weight is 693 g/mol. The van der Waals surface area contributed by atoms with Crippen LogP contribution in [0.15, 0.2) is 149 Å². The van der Waals surface area contributed by atoms with Crippen LogP contribution in [0.3, 0.4) is 0 Å². The summed E-state index contributed by atoms with van der Waals surface area (Å²) in [7, 11) is -3.21. The zero-order chi connectivity index (χ0) is 36.9. The molecule has 1 unspecified atom stereocenters. The van der Waals surface area contributed by atoms with Gasteiger partial charge in [-0.25, -0.2) is 0 Å². The first kappa shape index (κ1) is 35.4. The number of benzene rings is 6. The largest absolute Gasteiger partial charge is 0.178 e. The molecule has 0 radical (unpaired) electrons. The fourth-order valence-electron chi connectivity index (χ4n) is 8.79. The maximum absolute atomic E-state index is 3.21. The second kappa shape index (κ2) is 13.9. The molecule has 0 bridgehead atoms. The van der Waals surface area contributed by atoms with Gasteiger partial charge < -0.3 is 0 Å². The first-order valence-electron chi connectivity index (χ1n) is 18.9. The molecule has 52 heavy (non-hydrogen) atoms. The molecule has 0 saturated heterocycles. The van der Waals surface area contributed by atoms with E-state index in [1.807, 2.05) is 0 Å². The minimum absolute atomic E-state index is 0.285. The van der Waals surface area contributed by atoms with Gasteiger partial charge in [-0.15, -0.1) is 0 Å². The van der Waals surface area contributed by atoms with Gasteiger partial charge in [-0.3, -0.25) is 0 Å². The van der Waals surface area contributed by atoms with E-state index in [0.717, 1.165) is 0 Å². The quantitative estimate of drug-likeness (QED) is 0.115. The van der Waals surface area contributed by atoms with Crippen LogP contribution < -0.4 is 15.6 Å². The number of hydrogen-bond acceptors (Lipinski definition) is 0. The molecule has 260 valence electrons. The summed E-state index contributed by atoms with van der Waals surface area (Å²) in [5, 5.41) is 6.05. The van der Waals surface area contributed by atoms with Crippen LogP contribution >= 0.6 is 0 Å². The molecule has 0 aliphatic heterocycles. The molecular weight excluding hydrogens is 641 g/mol. The zero-order valence-corrected chi connectivity index (χ0v) is 33.7. The summed E-state index contributed by atoms with van der Waals surface area (Å²) in [6.07, 6.45) is 0. The lowest BCUT2D eigenvalue weighted by Crippen LogP contribution is -2.71. The van der Waals surface area contributed by atoms with E-state index in [4.69, 9.17) is 0 Å². The molecule has 0 fully saturated rings. The van der Waals surface area contributed by atoms with Crippen molar-refractivity contribution in [2.75, 3.05) is 0 Å². The Hall–Kier alpha value is -4.98. The standard InChI is InChI=1S/C51H52Si/c1-32-26-45(42-20-14-11-15-21-42)48(29-35(32)4)52(51-40(9)38(7)39(8)41(51)10,49-30-36(5)33(2)27-46(49)43-22-16-12-17-23-43)50-31-37(6)34(3)28-47(50)44-24-18-13-19-25-44/h11-31,40H,1-10H3. The lowest BCUT2D eigenvalue weighted by atomic mass is 9.99. The summed E-state index contributed by atoms with van der Waals surface area (Å²) in [4.78, 5) is 0. The number of allylic oxidation sites excluding steroid dienone is 4. The third-order valence-corrected chi connectivity index (χ3v) is 17.7. The first-order chi connectivity index (χ1) is 24.9. The smallest absolute Gasteiger partial charge is 0.0636 e. The summed E-state index contributed by atoms with van der Waals surface area (Å²) in [5.74, 6) is 0.285. The van der Waals surface area contributed by atoms with Crippen molar-refractivity contribution in [1.29, 1.82) is 0 Å². The van der Waals surface area contributed by atoms with Crippen LogP contribution in [0.1, 0.15) is 61.1 Å². The molecular formula is C51H52Si. The minimum atomic E-state index is -3.21. The SMILES string of the molecule is CC1=C(C)C(C)C([Si](c2cc(C)c(C)cc2-c2ccccc2)(c2cc(C)c(C)cc2-c2ccccc2)c2cc(C)c(C)cc2-c2ccccc2)=C1C. The maximum Gasteiger partial charge on any atom is 0.178 e. The fraction of sp³-hybridized carbons (Fsp3) is 0.216. The van der Waals surface area contributed by atoms with Crippen LogP contribution in [0.2, 0.25) is 0 Å². The molecule has 1 aliphatic carbocycles. The fourth-order valence-corrected chi connectivity index (χ4v) is 15.3. The van der Waals surface area contributed by atoms with Crippen molar-refractivity contribution in [3.63, 3.8) is 0 Å². The highest BCUT2D eigenvalue weighted by Crippen LogP contribution is 2.44. The Morgan fingerprint density at radius 1 is 0.365 bits per heavy atom. The molecule has 0 nitrogen and oxygen atoms in total. The Morgan fingerprint density at radius 3 is 0.923 bits per heavy atom. The molecule has 1 heteroatoms. The predicted molar refractivity (Wildman–Crippen MR) is 229 cm³/mol. The van der Waals surface area contributed by atoms with Gasteiger partial charge >= 0.3 is 0 Å². The van der Waals surface area contributed by atoms with E-state index in [1.54, 1.807) is 5.20 Å². The van der Waals surface area contributed by atoms with Gasteiger partial charge in [0.05, 0.1) is 0 Å². The van der Waals surface area contributed by atoms with Crippen LogP contribution in [0.5, 0.6) is 0 Å². The normalized spacial score (nSPS) is 14.8. The van der Waals surface area contributed by atoms with Crippen LogP contribution in [-0.4, -0.2) is 8.07 Å². The van der Waals surface area contributed by atoms with E-state index in [0.29, 0.717) is 0 Å². The van der Waals surface area contributed by atoms with Gasteiger partial charge in [0.2, 0.25) is 0 Å². The Labute approximate surface area is 313 Å². The van der Waals surface area contributed by atoms with E-state index >= 15 is 0 Å². The highest BCUT2D eigenvalue weighted by molar-refractivity contribution is 7.18. The van der Waals surface area contributed by atoms with E-state index < -0.39 is 8.07 Å². The molecule has 0 heterocycles. The van der Waals surface area contributed by atoms with Crippen molar-refractivity contribution in [3.8, 4) is 33.4 Å². The lowest BCUT2D eigenvalue weighted by molar-refractivity contribution is 0.851. The van der Waals surface area contributed by atoms with Crippen LogP contribution in [-0.2, 0) is 0 Å². The molecule has 0 spiro atoms. The summed E-state index contributed by atoms with van der Waals surface area (Å²) < 4.78 is 0. The summed E-state index contributed by atoms with van der Waals surface area (Å²) in [6, 6.07) is 48.8. The molecule has 0 saturated carbocycles. The van der Waals surface area contributed by atoms with Crippen molar-refractivity contribution in [3.05, 3.63) is 183 Å². The molecule has 1 atom stereocenters. The first-order valence-corrected chi connectivity index (χ1v) is 20.9. The van der Waals surface area contributed by atoms with E-state index in [9.17, 15) is 0 Å². The summed E-state index contributed by atoms with van der Waals surface area (Å²) in [5.41, 5.74) is 20.3. The van der Waals surface area contributed by atoms with Gasteiger partial charge in [-0.2, -0.15) is 0 Å². The zero-order valence-electron chi connectivity index (χ0n) is 32.7. The van der Waals surface area contributed by atoms with Crippen molar-refractivity contribution >= 4 is 23.6 Å². The maximum atomic E-state index is 2.60. The Bertz CT molecular complexity index is 2140. The van der Waals surface area contributed by atoms with Crippen LogP contribution in [0.25, 0.3) is 33.4 Å². The number of hydrogen-bond donors (Lipinski definition) is 0. The molecule has 6 aromatic rings. The number of aryl methyl sites for hydroxylation is 6. The van der Waals surface area contributed by atoms with Gasteiger partial charge in [-0.05, 0) is 156 Å². The third kappa shape index (κ3) is 5.76. The van der Waals surface area contributed by atoms with Crippen LogP contribution in [0.4, 0.5) is 0 Å². The summed E-state index contributed by atoms with van der Waals surface area (Å²) >= 11 is 0. The monoisotopic (exact) mass is 692 g/mol. The van der Waals surface area contributed by atoms with Gasteiger partial charge in [0.1, 0.15) is 0 Å². The predicted octanol–water partition coefficient (Wildman–Crippen LogP) is 11.9. The van der Waals surface area contributed by atoms with E-state index in [2.05, 4.69) is 197 Å². The summed E-state index contributed by atoms with van der Waals surface area (Å²) in [6.45, 7) is 23.5.